The van der Waals surface area contributed by atoms with E-state index in [1.54, 1.807) is 0 Å². The van der Waals surface area contributed by atoms with E-state index < -0.39 is 5.97 Å². The van der Waals surface area contributed by atoms with Gasteiger partial charge in [0.25, 0.3) is 0 Å². The number of carbonyl (C=O) groups is 1. The molecule has 7 nitrogen and oxygen atoms in total. The molecule has 1 heterocycles. The fraction of sp³-hybridized carbons (Fsp3) is 0.286. The van der Waals surface area contributed by atoms with Crippen LogP contribution >= 0.6 is 0 Å². The Kier molecular flexibility index (Phi) is 7.67. The third-order valence-electron chi connectivity index (χ3n) is 6.31. The lowest BCUT2D eigenvalue weighted by atomic mass is 10.0. The van der Waals surface area contributed by atoms with E-state index in [0.717, 1.165) is 53.6 Å². The van der Waals surface area contributed by atoms with Crippen molar-refractivity contribution in [2.45, 2.75) is 39.8 Å². The molecular weight excluding hydrogens is 442 g/mol. The zero-order valence-electron chi connectivity index (χ0n) is 20.1. The molecule has 0 amide bonds. The molecule has 0 spiro atoms. The van der Waals surface area contributed by atoms with Crippen LogP contribution in [-0.4, -0.2) is 34.0 Å². The van der Waals surface area contributed by atoms with E-state index in [2.05, 4.69) is 34.1 Å². The average molecular weight is 474 g/mol. The number of benzene rings is 3. The number of aryl methyl sites for hydroxylation is 3. The number of para-hydroxylation sites is 1. The SMILES string of the molecule is Cc1cc(OCCC(=O)O)c2/c(=N/O)c3ccccc3n(CCCNCc3ccccc3)c2c1C. The maximum Gasteiger partial charge on any atom is 0.306 e. The lowest BCUT2D eigenvalue weighted by Crippen LogP contribution is -2.19. The predicted octanol–water partition coefficient (Wildman–Crippen LogP) is 4.73. The Hall–Kier alpha value is -3.84. The number of carboxylic acids is 1. The van der Waals surface area contributed by atoms with Crippen molar-refractivity contribution in [1.82, 2.24) is 9.88 Å². The molecule has 0 aliphatic carbocycles. The van der Waals surface area contributed by atoms with Gasteiger partial charge in [-0.3, -0.25) is 4.79 Å². The number of rotatable bonds is 10. The molecule has 0 bridgehead atoms. The summed E-state index contributed by atoms with van der Waals surface area (Å²) in [6, 6.07) is 20.1. The van der Waals surface area contributed by atoms with E-state index in [9.17, 15) is 10.0 Å². The Balaban J connectivity index is 1.74. The van der Waals surface area contributed by atoms with Crippen LogP contribution in [0.5, 0.6) is 5.75 Å². The van der Waals surface area contributed by atoms with Crippen molar-refractivity contribution in [3.05, 3.63) is 82.7 Å². The Morgan fingerprint density at radius 1 is 1.09 bits per heavy atom. The van der Waals surface area contributed by atoms with Crippen molar-refractivity contribution in [3.8, 4) is 5.75 Å². The highest BCUT2D eigenvalue weighted by Crippen LogP contribution is 2.32. The van der Waals surface area contributed by atoms with Crippen LogP contribution in [-0.2, 0) is 17.9 Å². The quantitative estimate of drug-likeness (QED) is 0.134. The van der Waals surface area contributed by atoms with Crippen LogP contribution in [0.1, 0.15) is 29.5 Å². The summed E-state index contributed by atoms with van der Waals surface area (Å²) in [6.45, 7) is 6.51. The Morgan fingerprint density at radius 2 is 1.83 bits per heavy atom. The highest BCUT2D eigenvalue weighted by atomic mass is 16.5. The fourth-order valence-corrected chi connectivity index (χ4v) is 4.49. The van der Waals surface area contributed by atoms with Gasteiger partial charge < -0.3 is 24.9 Å². The molecule has 0 fully saturated rings. The van der Waals surface area contributed by atoms with Crippen LogP contribution in [0.3, 0.4) is 0 Å². The van der Waals surface area contributed by atoms with E-state index in [-0.39, 0.29) is 13.0 Å². The Bertz CT molecular complexity index is 1410. The summed E-state index contributed by atoms with van der Waals surface area (Å²) < 4.78 is 8.19. The van der Waals surface area contributed by atoms with Crippen molar-refractivity contribution in [3.63, 3.8) is 0 Å². The Morgan fingerprint density at radius 3 is 2.57 bits per heavy atom. The molecular formula is C28H31N3O4. The van der Waals surface area contributed by atoms with E-state index >= 15 is 0 Å². The van der Waals surface area contributed by atoms with E-state index in [4.69, 9.17) is 9.84 Å². The summed E-state index contributed by atoms with van der Waals surface area (Å²) in [5.74, 6) is -0.396. The zero-order chi connectivity index (χ0) is 24.8. The van der Waals surface area contributed by atoms with Crippen LogP contribution in [0.4, 0.5) is 0 Å². The molecule has 0 unspecified atom stereocenters. The van der Waals surface area contributed by atoms with Crippen LogP contribution in [0.25, 0.3) is 21.8 Å². The van der Waals surface area contributed by atoms with Gasteiger partial charge in [-0.2, -0.15) is 0 Å². The molecule has 182 valence electrons. The van der Waals surface area contributed by atoms with Crippen LogP contribution in [0.15, 0.2) is 65.8 Å². The second kappa shape index (κ2) is 11.1. The maximum absolute atomic E-state index is 11.0. The van der Waals surface area contributed by atoms with Crippen molar-refractivity contribution >= 4 is 27.8 Å². The molecule has 0 atom stereocenters. The molecule has 0 saturated heterocycles. The number of hydrogen-bond acceptors (Lipinski definition) is 5. The van der Waals surface area contributed by atoms with Crippen molar-refractivity contribution in [2.24, 2.45) is 5.16 Å². The largest absolute Gasteiger partial charge is 0.492 e. The topological polar surface area (TPSA) is 96.1 Å². The predicted molar refractivity (Wildman–Crippen MR) is 137 cm³/mol. The number of pyridine rings is 1. The molecule has 0 aliphatic rings. The van der Waals surface area contributed by atoms with Gasteiger partial charge in [0.2, 0.25) is 0 Å². The number of nitrogens with one attached hydrogen (secondary N) is 1. The average Bonchev–Trinajstić information content (AvgIpc) is 2.86. The Labute approximate surface area is 204 Å². The van der Waals surface area contributed by atoms with Crippen molar-refractivity contribution < 1.29 is 19.8 Å². The molecule has 0 saturated carbocycles. The van der Waals surface area contributed by atoms with Gasteiger partial charge in [0, 0.05) is 18.5 Å². The number of aliphatic carboxylic acids is 1. The molecule has 3 aromatic carbocycles. The third kappa shape index (κ3) is 5.30. The number of fused-ring (bicyclic) bond motifs is 2. The van der Waals surface area contributed by atoms with Crippen LogP contribution < -0.4 is 15.4 Å². The van der Waals surface area contributed by atoms with E-state index in [1.165, 1.54) is 5.56 Å². The monoisotopic (exact) mass is 473 g/mol. The normalized spacial score (nSPS) is 11.9. The maximum atomic E-state index is 11.0. The number of carboxylic acid groups (broad SMARTS) is 1. The van der Waals surface area contributed by atoms with Crippen LogP contribution in [0, 0.1) is 13.8 Å². The summed E-state index contributed by atoms with van der Waals surface area (Å²) in [7, 11) is 0. The molecule has 0 radical (unpaired) electrons. The molecule has 3 N–H and O–H groups in total. The van der Waals surface area contributed by atoms with Crippen molar-refractivity contribution in [2.75, 3.05) is 13.2 Å². The molecule has 35 heavy (non-hydrogen) atoms. The highest BCUT2D eigenvalue weighted by Gasteiger charge is 2.18. The third-order valence-corrected chi connectivity index (χ3v) is 6.31. The number of hydrogen-bond donors (Lipinski definition) is 3. The van der Waals surface area contributed by atoms with Gasteiger partial charge in [0.1, 0.15) is 11.1 Å². The minimum atomic E-state index is -0.922. The minimum absolute atomic E-state index is 0.0357. The van der Waals surface area contributed by atoms with Crippen LogP contribution in [0.2, 0.25) is 0 Å². The summed E-state index contributed by atoms with van der Waals surface area (Å²) >= 11 is 0. The molecule has 7 heteroatoms. The summed E-state index contributed by atoms with van der Waals surface area (Å²) in [6.07, 6.45) is 0.787. The number of nitrogens with zero attached hydrogens (tertiary/aromatic N) is 2. The first-order chi connectivity index (χ1) is 17.0. The molecule has 4 rings (SSSR count). The fourth-order valence-electron chi connectivity index (χ4n) is 4.49. The number of aromatic nitrogens is 1. The van der Waals surface area contributed by atoms with Gasteiger partial charge in [0.05, 0.1) is 29.4 Å². The lowest BCUT2D eigenvalue weighted by molar-refractivity contribution is -0.137. The first-order valence-corrected chi connectivity index (χ1v) is 11.8. The van der Waals surface area contributed by atoms with Crippen molar-refractivity contribution in [1.29, 1.82) is 0 Å². The smallest absolute Gasteiger partial charge is 0.306 e. The van der Waals surface area contributed by atoms with Gasteiger partial charge >= 0.3 is 5.97 Å². The first-order valence-electron chi connectivity index (χ1n) is 11.8. The summed E-state index contributed by atoms with van der Waals surface area (Å²) in [4.78, 5) is 11.0. The zero-order valence-corrected chi connectivity index (χ0v) is 20.1. The van der Waals surface area contributed by atoms with E-state index in [0.29, 0.717) is 16.5 Å². The molecule has 0 aliphatic heterocycles. The van der Waals surface area contributed by atoms with Gasteiger partial charge in [-0.05, 0) is 55.6 Å². The number of ether oxygens (including phenoxy) is 1. The highest BCUT2D eigenvalue weighted by molar-refractivity contribution is 5.98. The first kappa shape index (κ1) is 24.3. The van der Waals surface area contributed by atoms with Gasteiger partial charge in [-0.15, -0.1) is 0 Å². The standard InChI is InChI=1S/C28H31N3O4/c1-19-17-24(35-16-13-25(32)33)26-27(30-34)22-11-6-7-12-23(22)31(28(26)20(19)2)15-8-14-29-18-21-9-4-3-5-10-21/h3-7,9-12,17,29,34H,8,13-16,18H2,1-2H3,(H,32,33)/b30-27+. The second-order valence-corrected chi connectivity index (χ2v) is 8.67. The lowest BCUT2D eigenvalue weighted by Gasteiger charge is -2.21. The molecule has 1 aromatic heterocycles. The van der Waals surface area contributed by atoms with Gasteiger partial charge in [-0.25, -0.2) is 0 Å². The second-order valence-electron chi connectivity index (χ2n) is 8.67. The van der Waals surface area contributed by atoms with Gasteiger partial charge in [0.15, 0.2) is 0 Å². The molecule has 4 aromatic rings. The minimum Gasteiger partial charge on any atom is -0.492 e. The summed E-state index contributed by atoms with van der Waals surface area (Å²) in [5.41, 5.74) is 5.25. The van der Waals surface area contributed by atoms with E-state index in [1.807, 2.05) is 55.5 Å². The summed E-state index contributed by atoms with van der Waals surface area (Å²) in [5, 5.41) is 28.2. The van der Waals surface area contributed by atoms with Gasteiger partial charge in [-0.1, -0.05) is 53.7 Å².